The number of para-hydroxylation sites is 1. The molecule has 0 atom stereocenters. The fraction of sp³-hybridized carbons (Fsp3) is 0.0769. The Morgan fingerprint density at radius 1 is 1.18 bits per heavy atom. The lowest BCUT2D eigenvalue weighted by atomic mass is 10.2. The molecule has 88 valence electrons. The molecule has 0 radical (unpaired) electrons. The van der Waals surface area contributed by atoms with E-state index in [1.807, 2.05) is 6.92 Å². The van der Waals surface area contributed by atoms with Gasteiger partial charge in [0, 0.05) is 5.02 Å². The quantitative estimate of drug-likeness (QED) is 0.814. The van der Waals surface area contributed by atoms with Crippen LogP contribution < -0.4 is 10.5 Å². The summed E-state index contributed by atoms with van der Waals surface area (Å²) < 4.78 is 18.8. The number of ether oxygens (including phenoxy) is 1. The van der Waals surface area contributed by atoms with E-state index in [4.69, 9.17) is 22.1 Å². The van der Waals surface area contributed by atoms with Gasteiger partial charge >= 0.3 is 0 Å². The van der Waals surface area contributed by atoms with Crippen LogP contribution in [0.15, 0.2) is 36.4 Å². The first-order valence-electron chi connectivity index (χ1n) is 5.06. The predicted molar refractivity (Wildman–Crippen MR) is 67.1 cm³/mol. The predicted octanol–water partition coefficient (Wildman–Crippen LogP) is 4.16. The van der Waals surface area contributed by atoms with E-state index in [0.29, 0.717) is 16.5 Å². The maximum atomic E-state index is 13.2. The van der Waals surface area contributed by atoms with Crippen molar-refractivity contribution >= 4 is 17.3 Å². The van der Waals surface area contributed by atoms with Gasteiger partial charge in [0.2, 0.25) is 0 Å². The molecular formula is C13H11ClFNO. The fourth-order valence-corrected chi connectivity index (χ4v) is 1.68. The fourth-order valence-electron chi connectivity index (χ4n) is 1.45. The number of nitrogens with two attached hydrogens (primary N) is 1. The van der Waals surface area contributed by atoms with Crippen molar-refractivity contribution < 1.29 is 9.13 Å². The van der Waals surface area contributed by atoms with Gasteiger partial charge in [-0.05, 0) is 42.8 Å². The van der Waals surface area contributed by atoms with Crippen LogP contribution in [0.2, 0.25) is 5.02 Å². The molecule has 0 aliphatic carbocycles. The Morgan fingerprint density at radius 3 is 2.65 bits per heavy atom. The molecule has 0 heterocycles. The zero-order valence-electron chi connectivity index (χ0n) is 9.21. The number of benzene rings is 2. The summed E-state index contributed by atoms with van der Waals surface area (Å²) in [5.74, 6) is 0.413. The summed E-state index contributed by atoms with van der Waals surface area (Å²) in [6.07, 6.45) is 0. The number of hydrogen-bond donors (Lipinski definition) is 1. The number of hydrogen-bond acceptors (Lipinski definition) is 2. The molecule has 17 heavy (non-hydrogen) atoms. The largest absolute Gasteiger partial charge is 0.455 e. The molecule has 2 N–H and O–H groups in total. The number of halogens is 2. The van der Waals surface area contributed by atoms with Gasteiger partial charge in [-0.2, -0.15) is 0 Å². The SMILES string of the molecule is Cc1cc(Cl)ccc1Oc1cccc(F)c1N. The molecule has 2 aromatic rings. The van der Waals surface area contributed by atoms with Crippen LogP contribution in [0.3, 0.4) is 0 Å². The molecule has 0 saturated carbocycles. The van der Waals surface area contributed by atoms with E-state index < -0.39 is 5.82 Å². The Balaban J connectivity index is 2.35. The number of nitrogen functional groups attached to an aromatic ring is 1. The van der Waals surface area contributed by atoms with E-state index >= 15 is 0 Å². The first kappa shape index (κ1) is 11.7. The van der Waals surface area contributed by atoms with Crippen molar-refractivity contribution in [3.05, 3.63) is 52.8 Å². The molecule has 0 fully saturated rings. The van der Waals surface area contributed by atoms with E-state index in [9.17, 15) is 4.39 Å². The van der Waals surface area contributed by atoms with Gasteiger partial charge in [0.1, 0.15) is 17.3 Å². The van der Waals surface area contributed by atoms with Gasteiger partial charge in [-0.15, -0.1) is 0 Å². The van der Waals surface area contributed by atoms with E-state index in [1.165, 1.54) is 6.07 Å². The molecule has 4 heteroatoms. The molecule has 2 rings (SSSR count). The molecule has 0 bridgehead atoms. The van der Waals surface area contributed by atoms with Crippen molar-refractivity contribution in [3.63, 3.8) is 0 Å². The van der Waals surface area contributed by atoms with Crippen molar-refractivity contribution in [2.75, 3.05) is 5.73 Å². The smallest absolute Gasteiger partial charge is 0.153 e. The second-order valence-electron chi connectivity index (χ2n) is 3.66. The van der Waals surface area contributed by atoms with Gasteiger partial charge < -0.3 is 10.5 Å². The maximum Gasteiger partial charge on any atom is 0.153 e. The molecule has 2 nitrogen and oxygen atoms in total. The third kappa shape index (κ3) is 2.50. The zero-order valence-corrected chi connectivity index (χ0v) is 9.96. The van der Waals surface area contributed by atoms with Crippen LogP contribution in [0.25, 0.3) is 0 Å². The summed E-state index contributed by atoms with van der Waals surface area (Å²) in [7, 11) is 0. The van der Waals surface area contributed by atoms with Crippen molar-refractivity contribution in [2.45, 2.75) is 6.92 Å². The van der Waals surface area contributed by atoms with E-state index in [0.717, 1.165) is 5.56 Å². The molecule has 0 amide bonds. The van der Waals surface area contributed by atoms with Crippen LogP contribution >= 0.6 is 11.6 Å². The number of anilines is 1. The molecule has 0 unspecified atom stereocenters. The topological polar surface area (TPSA) is 35.2 Å². The molecule has 0 saturated heterocycles. The Morgan fingerprint density at radius 2 is 1.94 bits per heavy atom. The molecule has 2 aromatic carbocycles. The van der Waals surface area contributed by atoms with Gasteiger partial charge in [-0.3, -0.25) is 0 Å². The Bertz CT molecular complexity index is 557. The lowest BCUT2D eigenvalue weighted by Crippen LogP contribution is -1.96. The highest BCUT2D eigenvalue weighted by molar-refractivity contribution is 6.30. The molecule has 0 aliphatic heterocycles. The monoisotopic (exact) mass is 251 g/mol. The highest BCUT2D eigenvalue weighted by Crippen LogP contribution is 2.31. The molecule has 0 aromatic heterocycles. The van der Waals surface area contributed by atoms with Crippen molar-refractivity contribution in [1.82, 2.24) is 0 Å². The second kappa shape index (κ2) is 4.63. The third-order valence-corrected chi connectivity index (χ3v) is 2.60. The lowest BCUT2D eigenvalue weighted by Gasteiger charge is -2.11. The molecule has 0 aliphatic rings. The van der Waals surface area contributed by atoms with Gasteiger partial charge in [-0.1, -0.05) is 17.7 Å². The van der Waals surface area contributed by atoms with E-state index in [1.54, 1.807) is 30.3 Å². The first-order valence-corrected chi connectivity index (χ1v) is 5.43. The van der Waals surface area contributed by atoms with Gasteiger partial charge in [-0.25, -0.2) is 4.39 Å². The zero-order chi connectivity index (χ0) is 12.4. The van der Waals surface area contributed by atoms with Crippen LogP contribution in [0.4, 0.5) is 10.1 Å². The minimum absolute atomic E-state index is 0.00171. The summed E-state index contributed by atoms with van der Waals surface area (Å²) >= 11 is 5.84. The second-order valence-corrected chi connectivity index (χ2v) is 4.10. The third-order valence-electron chi connectivity index (χ3n) is 2.37. The van der Waals surface area contributed by atoms with Crippen LogP contribution in [-0.2, 0) is 0 Å². The van der Waals surface area contributed by atoms with E-state index in [-0.39, 0.29) is 5.69 Å². The normalized spacial score (nSPS) is 10.3. The lowest BCUT2D eigenvalue weighted by molar-refractivity contribution is 0.476. The minimum atomic E-state index is -0.492. The average Bonchev–Trinajstić information content (AvgIpc) is 2.28. The van der Waals surface area contributed by atoms with Crippen LogP contribution in [0, 0.1) is 12.7 Å². The van der Waals surface area contributed by atoms with Crippen LogP contribution in [0.1, 0.15) is 5.56 Å². The number of rotatable bonds is 2. The summed E-state index contributed by atoms with van der Waals surface area (Å²) in [5, 5.41) is 0.627. The molecule has 0 spiro atoms. The van der Waals surface area contributed by atoms with E-state index in [2.05, 4.69) is 0 Å². The summed E-state index contributed by atoms with van der Waals surface area (Å²) in [5.41, 5.74) is 6.45. The van der Waals surface area contributed by atoms with Crippen LogP contribution in [-0.4, -0.2) is 0 Å². The average molecular weight is 252 g/mol. The minimum Gasteiger partial charge on any atom is -0.455 e. The van der Waals surface area contributed by atoms with Crippen molar-refractivity contribution in [2.24, 2.45) is 0 Å². The summed E-state index contributed by atoms with van der Waals surface area (Å²) in [4.78, 5) is 0. The summed E-state index contributed by atoms with van der Waals surface area (Å²) in [6, 6.07) is 9.66. The highest BCUT2D eigenvalue weighted by atomic mass is 35.5. The van der Waals surface area contributed by atoms with Gasteiger partial charge in [0.05, 0.1) is 0 Å². The number of aryl methyl sites for hydroxylation is 1. The Labute approximate surface area is 104 Å². The van der Waals surface area contributed by atoms with Crippen molar-refractivity contribution in [1.29, 1.82) is 0 Å². The van der Waals surface area contributed by atoms with Gasteiger partial charge in [0.25, 0.3) is 0 Å². The Hall–Kier alpha value is -1.74. The standard InChI is InChI=1S/C13H11ClFNO/c1-8-7-9(14)5-6-11(8)17-12-4-2-3-10(15)13(12)16/h2-7H,16H2,1H3. The Kier molecular flexibility index (Phi) is 3.20. The first-order chi connectivity index (χ1) is 8.08. The molecular weight excluding hydrogens is 241 g/mol. The maximum absolute atomic E-state index is 13.2. The van der Waals surface area contributed by atoms with Crippen LogP contribution in [0.5, 0.6) is 11.5 Å². The highest BCUT2D eigenvalue weighted by Gasteiger charge is 2.08. The van der Waals surface area contributed by atoms with Crippen molar-refractivity contribution in [3.8, 4) is 11.5 Å². The summed E-state index contributed by atoms with van der Waals surface area (Å²) in [6.45, 7) is 1.86. The van der Waals surface area contributed by atoms with Gasteiger partial charge in [0.15, 0.2) is 5.75 Å².